The maximum absolute atomic E-state index is 11.8. The third kappa shape index (κ3) is 2.82. The smallest absolute Gasteiger partial charge is 0.366 e. The first-order valence-corrected chi connectivity index (χ1v) is 5.86. The summed E-state index contributed by atoms with van der Waals surface area (Å²) < 4.78 is 5.16. The predicted molar refractivity (Wildman–Crippen MR) is 67.2 cm³/mol. The fourth-order valence-electron chi connectivity index (χ4n) is 1.81. The van der Waals surface area contributed by atoms with Crippen LogP contribution >= 0.6 is 0 Å². The molecule has 9 heteroatoms. The first kappa shape index (κ1) is 13.7. The lowest BCUT2D eigenvalue weighted by Crippen LogP contribution is -2.40. The van der Waals surface area contributed by atoms with Gasteiger partial charge >= 0.3 is 5.82 Å². The van der Waals surface area contributed by atoms with E-state index >= 15 is 0 Å². The van der Waals surface area contributed by atoms with Crippen LogP contribution in [0.15, 0.2) is 12.1 Å². The molecule has 20 heavy (non-hydrogen) atoms. The molecule has 0 radical (unpaired) electrons. The summed E-state index contributed by atoms with van der Waals surface area (Å²) >= 11 is 0. The van der Waals surface area contributed by atoms with Gasteiger partial charge in [-0.1, -0.05) is 0 Å². The highest BCUT2D eigenvalue weighted by Crippen LogP contribution is 2.32. The minimum absolute atomic E-state index is 0.0971. The lowest BCUT2D eigenvalue weighted by molar-refractivity contribution is -0.389. The third-order valence-electron chi connectivity index (χ3n) is 2.72. The summed E-state index contributed by atoms with van der Waals surface area (Å²) in [5, 5.41) is 10.7. The van der Waals surface area contributed by atoms with E-state index in [4.69, 9.17) is 10.5 Å². The van der Waals surface area contributed by atoms with E-state index in [1.165, 1.54) is 17.0 Å². The van der Waals surface area contributed by atoms with E-state index in [0.29, 0.717) is 12.2 Å². The third-order valence-corrected chi connectivity index (χ3v) is 2.72. The summed E-state index contributed by atoms with van der Waals surface area (Å²) in [5.41, 5.74) is 5.03. The number of anilines is 1. The number of hydrogen-bond acceptors (Lipinski definition) is 6. The average molecular weight is 280 g/mol. The Bertz CT molecular complexity index is 574. The Hall–Kier alpha value is -2.71. The Morgan fingerprint density at radius 1 is 1.55 bits per heavy atom. The normalized spacial score (nSPS) is 13.6. The number of nitro groups is 1. The second kappa shape index (κ2) is 5.51. The minimum atomic E-state index is -0.652. The van der Waals surface area contributed by atoms with Crippen LogP contribution in [-0.4, -0.2) is 34.9 Å². The maximum Gasteiger partial charge on any atom is 0.366 e. The number of primary amides is 1. The number of fused-ring (bicyclic) bond motifs is 1. The molecule has 2 amide bonds. The second-order valence-electron chi connectivity index (χ2n) is 4.15. The fourth-order valence-corrected chi connectivity index (χ4v) is 1.81. The standard InChI is InChI=1S/C11H12N4O5/c12-8(16)2-1-5-14-10(17)6-20-7-3-4-9(15(18)19)13-11(7)14/h3-4H,1-2,5-6H2,(H2,12,16). The van der Waals surface area contributed by atoms with Gasteiger partial charge in [-0.15, -0.1) is 0 Å². The van der Waals surface area contributed by atoms with Crippen LogP contribution in [0.3, 0.4) is 0 Å². The number of carbonyl (C=O) groups is 2. The zero-order valence-corrected chi connectivity index (χ0v) is 10.4. The second-order valence-corrected chi connectivity index (χ2v) is 4.15. The SMILES string of the molecule is NC(=O)CCCN1C(=O)COc2ccc([N+](=O)[O-])nc21. The molecule has 0 aromatic carbocycles. The lowest BCUT2D eigenvalue weighted by atomic mass is 10.2. The number of aromatic nitrogens is 1. The Morgan fingerprint density at radius 3 is 2.95 bits per heavy atom. The van der Waals surface area contributed by atoms with E-state index in [0.717, 1.165) is 0 Å². The maximum atomic E-state index is 11.8. The molecule has 0 atom stereocenters. The molecule has 0 aliphatic carbocycles. The Morgan fingerprint density at radius 2 is 2.30 bits per heavy atom. The molecule has 0 bridgehead atoms. The van der Waals surface area contributed by atoms with Gasteiger partial charge < -0.3 is 20.6 Å². The van der Waals surface area contributed by atoms with E-state index in [-0.39, 0.29) is 37.1 Å². The summed E-state index contributed by atoms with van der Waals surface area (Å²) in [6.45, 7) is 0.0371. The van der Waals surface area contributed by atoms with Gasteiger partial charge in [0.15, 0.2) is 12.4 Å². The highest BCUT2D eigenvalue weighted by atomic mass is 16.6. The molecule has 2 heterocycles. The summed E-state index contributed by atoms with van der Waals surface area (Å²) in [6.07, 6.45) is 0.472. The van der Waals surface area contributed by atoms with E-state index in [9.17, 15) is 19.7 Å². The summed E-state index contributed by atoms with van der Waals surface area (Å²) in [7, 11) is 0. The summed E-state index contributed by atoms with van der Waals surface area (Å²) in [6, 6.07) is 2.60. The van der Waals surface area contributed by atoms with Crippen molar-refractivity contribution in [1.29, 1.82) is 0 Å². The number of hydrogen-bond donors (Lipinski definition) is 1. The van der Waals surface area contributed by atoms with Crippen LogP contribution in [0.1, 0.15) is 12.8 Å². The summed E-state index contributed by atoms with van der Waals surface area (Å²) in [4.78, 5) is 37.6. The molecule has 1 aliphatic heterocycles. The van der Waals surface area contributed by atoms with Crippen molar-refractivity contribution in [1.82, 2.24) is 4.98 Å². The summed E-state index contributed by atoms with van der Waals surface area (Å²) in [5.74, 6) is -0.816. The molecule has 1 aromatic heterocycles. The highest BCUT2D eigenvalue weighted by molar-refractivity contribution is 5.96. The van der Waals surface area contributed by atoms with E-state index in [1.807, 2.05) is 0 Å². The van der Waals surface area contributed by atoms with Crippen LogP contribution in [0.25, 0.3) is 0 Å². The van der Waals surface area contributed by atoms with Crippen LogP contribution in [0.2, 0.25) is 0 Å². The minimum Gasteiger partial charge on any atom is -0.477 e. The van der Waals surface area contributed by atoms with Gasteiger partial charge in [0.25, 0.3) is 11.7 Å². The van der Waals surface area contributed by atoms with Gasteiger partial charge in [-0.05, 0) is 22.4 Å². The van der Waals surface area contributed by atoms with Crippen LogP contribution in [0.4, 0.5) is 11.6 Å². The number of pyridine rings is 1. The quantitative estimate of drug-likeness (QED) is 0.596. The van der Waals surface area contributed by atoms with Crippen LogP contribution in [-0.2, 0) is 9.59 Å². The van der Waals surface area contributed by atoms with E-state index < -0.39 is 10.8 Å². The molecule has 2 N–H and O–H groups in total. The van der Waals surface area contributed by atoms with Gasteiger partial charge in [0.05, 0.1) is 0 Å². The molecule has 0 unspecified atom stereocenters. The highest BCUT2D eigenvalue weighted by Gasteiger charge is 2.31. The number of nitrogens with zero attached hydrogens (tertiary/aromatic N) is 3. The molecule has 0 saturated carbocycles. The molecule has 0 saturated heterocycles. The Labute approximate surface area is 113 Å². The van der Waals surface area contributed by atoms with Crippen molar-refractivity contribution < 1.29 is 19.2 Å². The largest absolute Gasteiger partial charge is 0.477 e. The van der Waals surface area contributed by atoms with Crippen molar-refractivity contribution in [3.05, 3.63) is 22.2 Å². The molecule has 9 nitrogen and oxygen atoms in total. The van der Waals surface area contributed by atoms with Crippen LogP contribution in [0, 0.1) is 10.1 Å². The number of rotatable bonds is 5. The first-order chi connectivity index (χ1) is 9.49. The van der Waals surface area contributed by atoms with Crippen molar-refractivity contribution in [2.24, 2.45) is 5.73 Å². The number of amides is 2. The van der Waals surface area contributed by atoms with Crippen molar-refractivity contribution in [3.8, 4) is 5.75 Å². The number of nitrogens with two attached hydrogens (primary N) is 1. The molecule has 1 aromatic rings. The van der Waals surface area contributed by atoms with Gasteiger partial charge in [0.1, 0.15) is 0 Å². The predicted octanol–water partition coefficient (Wildman–Crippen LogP) is -0.0193. The first-order valence-electron chi connectivity index (χ1n) is 5.86. The molecule has 106 valence electrons. The fraction of sp³-hybridized carbons (Fsp3) is 0.364. The van der Waals surface area contributed by atoms with Crippen molar-refractivity contribution in [3.63, 3.8) is 0 Å². The van der Waals surface area contributed by atoms with E-state index in [1.54, 1.807) is 0 Å². The van der Waals surface area contributed by atoms with Gasteiger partial charge in [0, 0.05) is 19.0 Å². The van der Waals surface area contributed by atoms with Gasteiger partial charge in [-0.3, -0.25) is 14.5 Å². The Balaban J connectivity index is 2.24. The molecule has 2 rings (SSSR count). The van der Waals surface area contributed by atoms with Gasteiger partial charge in [-0.25, -0.2) is 0 Å². The number of carbonyl (C=O) groups excluding carboxylic acids is 2. The zero-order chi connectivity index (χ0) is 14.7. The van der Waals surface area contributed by atoms with Crippen molar-refractivity contribution in [2.45, 2.75) is 12.8 Å². The molecular formula is C11H12N4O5. The monoisotopic (exact) mass is 280 g/mol. The number of ether oxygens (including phenoxy) is 1. The topological polar surface area (TPSA) is 129 Å². The lowest BCUT2D eigenvalue weighted by Gasteiger charge is -2.25. The molecular weight excluding hydrogens is 268 g/mol. The Kier molecular flexibility index (Phi) is 3.78. The van der Waals surface area contributed by atoms with Crippen LogP contribution < -0.4 is 15.4 Å². The van der Waals surface area contributed by atoms with Gasteiger partial charge in [0.2, 0.25) is 5.91 Å². The van der Waals surface area contributed by atoms with E-state index in [2.05, 4.69) is 4.98 Å². The molecule has 1 aliphatic rings. The molecule has 0 fully saturated rings. The zero-order valence-electron chi connectivity index (χ0n) is 10.4. The van der Waals surface area contributed by atoms with Gasteiger partial charge in [-0.2, -0.15) is 0 Å². The average Bonchev–Trinajstić information content (AvgIpc) is 2.40. The van der Waals surface area contributed by atoms with Crippen LogP contribution in [0.5, 0.6) is 5.75 Å². The van der Waals surface area contributed by atoms with Crippen molar-refractivity contribution >= 4 is 23.5 Å². The van der Waals surface area contributed by atoms with Crippen molar-refractivity contribution in [2.75, 3.05) is 18.1 Å². The molecule has 0 spiro atoms.